The summed E-state index contributed by atoms with van der Waals surface area (Å²) in [4.78, 5) is 2.57. The van der Waals surface area contributed by atoms with Gasteiger partial charge in [-0.05, 0) is 135 Å². The van der Waals surface area contributed by atoms with Crippen LogP contribution in [0.2, 0.25) is 0 Å². The summed E-state index contributed by atoms with van der Waals surface area (Å²) in [5, 5.41) is 7.79. The normalized spacial score (nSPS) is 11.7. The molecule has 0 unspecified atom stereocenters. The summed E-state index contributed by atoms with van der Waals surface area (Å²) in [5.74, 6) is 1.84. The van der Waals surface area contributed by atoms with Gasteiger partial charge in [0.15, 0.2) is 0 Å². The molecule has 41 heavy (non-hydrogen) atoms. The molecular weight excluding hydrogens is 541 g/mol. The van der Waals surface area contributed by atoms with Crippen LogP contribution in [0.15, 0.2) is 97.1 Å². The van der Waals surface area contributed by atoms with E-state index in [1.54, 1.807) is 7.11 Å². The molecule has 204 valence electrons. The minimum atomic E-state index is 0.795. The van der Waals surface area contributed by atoms with Crippen LogP contribution in [0.5, 0.6) is 11.5 Å². The molecule has 2 heterocycles. The molecule has 2 aromatic heterocycles. The predicted molar refractivity (Wildman–Crippen MR) is 179 cm³/mol. The van der Waals surface area contributed by atoms with Crippen molar-refractivity contribution in [2.45, 2.75) is 32.6 Å². The van der Waals surface area contributed by atoms with E-state index in [0.717, 1.165) is 24.5 Å². The van der Waals surface area contributed by atoms with Crippen LogP contribution in [0.1, 0.15) is 32.6 Å². The number of methoxy groups -OCH3 is 1. The van der Waals surface area contributed by atoms with E-state index in [2.05, 4.69) is 91.9 Å². The molecule has 0 saturated heterocycles. The van der Waals surface area contributed by atoms with E-state index in [9.17, 15) is 0 Å². The van der Waals surface area contributed by atoms with Crippen molar-refractivity contribution >= 4 is 64.4 Å². The molecule has 0 aliphatic rings. The van der Waals surface area contributed by atoms with Gasteiger partial charge >= 0.3 is 0 Å². The Hall–Kier alpha value is -3.86. The Morgan fingerprint density at radius 2 is 1.07 bits per heavy atom. The summed E-state index contributed by atoms with van der Waals surface area (Å²) in [6.45, 7) is 3.03. The van der Waals surface area contributed by atoms with Crippen LogP contribution in [0.3, 0.4) is 0 Å². The molecule has 2 nitrogen and oxygen atoms in total. The van der Waals surface area contributed by atoms with Crippen molar-refractivity contribution in [2.75, 3.05) is 13.7 Å². The fourth-order valence-electron chi connectivity index (χ4n) is 5.60. The Morgan fingerprint density at radius 3 is 1.59 bits per heavy atom. The molecule has 0 fully saturated rings. The third-order valence-electron chi connectivity index (χ3n) is 7.89. The molecule has 0 atom stereocenters. The first kappa shape index (κ1) is 26.1. The quantitative estimate of drug-likeness (QED) is 0.126. The first-order chi connectivity index (χ1) is 20.2. The van der Waals surface area contributed by atoms with E-state index in [-0.39, 0.29) is 0 Å². The summed E-state index contributed by atoms with van der Waals surface area (Å²) in [6, 6.07) is 35.6. The molecule has 0 saturated carbocycles. The van der Waals surface area contributed by atoms with E-state index < -0.39 is 0 Å². The average Bonchev–Trinajstić information content (AvgIpc) is 3.63. The van der Waals surface area contributed by atoms with Crippen molar-refractivity contribution in [3.8, 4) is 32.4 Å². The summed E-state index contributed by atoms with van der Waals surface area (Å²) < 4.78 is 13.9. The van der Waals surface area contributed by atoms with Crippen molar-refractivity contribution in [1.82, 2.24) is 0 Å². The zero-order chi connectivity index (χ0) is 27.8. The van der Waals surface area contributed by atoms with Crippen molar-refractivity contribution < 1.29 is 9.47 Å². The van der Waals surface area contributed by atoms with Gasteiger partial charge in [-0.2, -0.15) is 0 Å². The van der Waals surface area contributed by atoms with E-state index in [1.807, 2.05) is 34.8 Å². The molecule has 0 spiro atoms. The third kappa shape index (κ3) is 5.18. The van der Waals surface area contributed by atoms with Crippen LogP contribution in [0.25, 0.3) is 62.6 Å². The molecule has 0 amide bonds. The summed E-state index contributed by atoms with van der Waals surface area (Å²) in [5.41, 5.74) is 2.46. The van der Waals surface area contributed by atoms with Crippen molar-refractivity contribution in [1.29, 1.82) is 0 Å². The van der Waals surface area contributed by atoms with Gasteiger partial charge in [-0.25, -0.2) is 0 Å². The molecule has 0 bridgehead atoms. The number of fused-ring (bicyclic) bond motifs is 5. The smallest absolute Gasteiger partial charge is 0.119 e. The van der Waals surface area contributed by atoms with Crippen molar-refractivity contribution in [3.63, 3.8) is 0 Å². The SMILES string of the molecule is CCCCCCOc1ccc(-c2cc3cc4ccc5cc6cc(-c7ccc(OC)cc7)sc6cc5c4cc3s2)cc1. The Labute approximate surface area is 248 Å². The zero-order valence-corrected chi connectivity index (χ0v) is 25.0. The Bertz CT molecular complexity index is 1980. The highest BCUT2D eigenvalue weighted by atomic mass is 32.1. The van der Waals surface area contributed by atoms with Crippen LogP contribution in [0.4, 0.5) is 0 Å². The maximum Gasteiger partial charge on any atom is 0.119 e. The van der Waals surface area contributed by atoms with Gasteiger partial charge in [-0.15, -0.1) is 22.7 Å². The van der Waals surface area contributed by atoms with E-state index >= 15 is 0 Å². The van der Waals surface area contributed by atoms with E-state index in [0.29, 0.717) is 0 Å². The van der Waals surface area contributed by atoms with Crippen molar-refractivity contribution in [3.05, 3.63) is 97.1 Å². The lowest BCUT2D eigenvalue weighted by atomic mass is 9.99. The minimum Gasteiger partial charge on any atom is -0.497 e. The van der Waals surface area contributed by atoms with Gasteiger partial charge in [-0.1, -0.05) is 38.3 Å². The molecule has 0 aliphatic carbocycles. The van der Waals surface area contributed by atoms with Gasteiger partial charge in [0, 0.05) is 19.2 Å². The molecule has 0 radical (unpaired) electrons. The fourth-order valence-corrected chi connectivity index (χ4v) is 7.78. The fraction of sp³-hybridized carbons (Fsp3) is 0.189. The highest BCUT2D eigenvalue weighted by Gasteiger charge is 2.11. The molecule has 7 aromatic rings. The van der Waals surface area contributed by atoms with Gasteiger partial charge < -0.3 is 9.47 Å². The first-order valence-electron chi connectivity index (χ1n) is 14.4. The zero-order valence-electron chi connectivity index (χ0n) is 23.4. The molecule has 7 rings (SSSR count). The van der Waals surface area contributed by atoms with Gasteiger partial charge in [0.1, 0.15) is 11.5 Å². The summed E-state index contributed by atoms with van der Waals surface area (Å²) in [7, 11) is 1.71. The third-order valence-corrected chi connectivity index (χ3v) is 10.2. The van der Waals surface area contributed by atoms with Gasteiger partial charge in [0.2, 0.25) is 0 Å². The maximum absolute atomic E-state index is 5.96. The number of benzene rings is 5. The molecule has 5 aromatic carbocycles. The predicted octanol–water partition coefficient (Wildman–Crippen LogP) is 11.7. The second-order valence-corrected chi connectivity index (χ2v) is 12.8. The van der Waals surface area contributed by atoms with Crippen LogP contribution in [-0.4, -0.2) is 13.7 Å². The lowest BCUT2D eigenvalue weighted by molar-refractivity contribution is 0.305. The molecular formula is C37H32O2S2. The summed E-state index contributed by atoms with van der Waals surface area (Å²) in [6.07, 6.45) is 4.89. The first-order valence-corrected chi connectivity index (χ1v) is 16.0. The number of ether oxygens (including phenoxy) is 2. The van der Waals surface area contributed by atoms with Gasteiger partial charge in [0.05, 0.1) is 13.7 Å². The number of hydrogen-bond acceptors (Lipinski definition) is 4. The lowest BCUT2D eigenvalue weighted by Crippen LogP contribution is -1.96. The van der Waals surface area contributed by atoms with Gasteiger partial charge in [0.25, 0.3) is 0 Å². The Balaban J connectivity index is 1.20. The Morgan fingerprint density at radius 1 is 0.537 bits per heavy atom. The monoisotopic (exact) mass is 572 g/mol. The van der Waals surface area contributed by atoms with Crippen LogP contribution >= 0.6 is 22.7 Å². The van der Waals surface area contributed by atoms with E-state index in [1.165, 1.54) is 81.9 Å². The van der Waals surface area contributed by atoms with Crippen LogP contribution < -0.4 is 9.47 Å². The average molecular weight is 573 g/mol. The topological polar surface area (TPSA) is 18.5 Å². The van der Waals surface area contributed by atoms with E-state index in [4.69, 9.17) is 9.47 Å². The maximum atomic E-state index is 5.96. The Kier molecular flexibility index (Phi) is 7.12. The minimum absolute atomic E-state index is 0.795. The second-order valence-electron chi connectivity index (χ2n) is 10.7. The lowest BCUT2D eigenvalue weighted by Gasteiger charge is -2.06. The van der Waals surface area contributed by atoms with Crippen molar-refractivity contribution in [2.24, 2.45) is 0 Å². The highest BCUT2D eigenvalue weighted by Crippen LogP contribution is 2.41. The van der Waals surface area contributed by atoms with Crippen LogP contribution in [-0.2, 0) is 0 Å². The molecule has 0 aliphatic heterocycles. The molecule has 0 N–H and O–H groups in total. The summed E-state index contributed by atoms with van der Waals surface area (Å²) >= 11 is 3.72. The largest absolute Gasteiger partial charge is 0.497 e. The second kappa shape index (κ2) is 11.2. The van der Waals surface area contributed by atoms with Crippen LogP contribution in [0, 0.1) is 0 Å². The number of hydrogen-bond donors (Lipinski definition) is 0. The number of thiophene rings is 2. The standard InChI is InChI=1S/C37H32O2S2/c1-3-4-5-6-17-39-31-15-11-25(12-16-31)35-21-29-19-27-8-7-26-18-28-20-34(24-9-13-30(38-2)14-10-24)40-36(28)22-32(26)33(27)23-37(29)41-35/h7-16,18-23H,3-6,17H2,1-2H3. The number of unbranched alkanes of at least 4 members (excludes halogenated alkanes) is 3. The number of rotatable bonds is 9. The molecule has 4 heteroatoms. The van der Waals surface area contributed by atoms with Gasteiger partial charge in [-0.3, -0.25) is 0 Å². The highest BCUT2D eigenvalue weighted by molar-refractivity contribution is 7.22.